The molecule has 2 aromatic rings. The Hall–Kier alpha value is -1.84. The molecule has 4 heteroatoms. The van der Waals surface area contributed by atoms with E-state index in [1.165, 1.54) is 6.42 Å². The van der Waals surface area contributed by atoms with E-state index in [9.17, 15) is 4.79 Å². The van der Waals surface area contributed by atoms with Crippen LogP contribution in [0.25, 0.3) is 11.1 Å². The summed E-state index contributed by atoms with van der Waals surface area (Å²) < 4.78 is 0. The monoisotopic (exact) mass is 312 g/mol. The van der Waals surface area contributed by atoms with Crippen molar-refractivity contribution in [2.24, 2.45) is 0 Å². The van der Waals surface area contributed by atoms with Gasteiger partial charge in [0.25, 0.3) is 5.91 Å². The van der Waals surface area contributed by atoms with Crippen LogP contribution in [0, 0.1) is 0 Å². The van der Waals surface area contributed by atoms with Crippen molar-refractivity contribution in [3.05, 3.63) is 59.1 Å². The Bertz CT molecular complexity index is 697. The minimum absolute atomic E-state index is 0.127. The normalized spacial score (nSPS) is 23.0. The van der Waals surface area contributed by atoms with Gasteiger partial charge >= 0.3 is 0 Å². The van der Waals surface area contributed by atoms with Crippen molar-refractivity contribution in [3.63, 3.8) is 0 Å². The van der Waals surface area contributed by atoms with Crippen molar-refractivity contribution in [1.29, 1.82) is 0 Å². The number of fused-ring (bicyclic) bond motifs is 2. The van der Waals surface area contributed by atoms with Crippen LogP contribution in [0.5, 0.6) is 0 Å². The molecule has 112 valence electrons. The number of carbonyl (C=O) groups excluding carboxylic acids is 1. The maximum atomic E-state index is 12.9. The van der Waals surface area contributed by atoms with Crippen molar-refractivity contribution in [2.75, 3.05) is 13.1 Å². The molecule has 1 N–H and O–H groups in total. The van der Waals surface area contributed by atoms with E-state index in [-0.39, 0.29) is 5.91 Å². The Morgan fingerprint density at radius 3 is 2.36 bits per heavy atom. The first-order chi connectivity index (χ1) is 10.7. The molecule has 2 unspecified atom stereocenters. The van der Waals surface area contributed by atoms with Gasteiger partial charge in [0.1, 0.15) is 0 Å². The maximum Gasteiger partial charge on any atom is 0.254 e. The number of piperazine rings is 1. The van der Waals surface area contributed by atoms with Crippen molar-refractivity contribution >= 4 is 17.5 Å². The molecule has 1 amide bonds. The van der Waals surface area contributed by atoms with Gasteiger partial charge in [-0.3, -0.25) is 4.79 Å². The molecule has 3 heterocycles. The summed E-state index contributed by atoms with van der Waals surface area (Å²) in [7, 11) is 0. The van der Waals surface area contributed by atoms with Crippen LogP contribution in [-0.4, -0.2) is 36.0 Å². The molecule has 0 aliphatic carbocycles. The summed E-state index contributed by atoms with van der Waals surface area (Å²) in [4.78, 5) is 14.9. The molecule has 2 atom stereocenters. The van der Waals surface area contributed by atoms with Gasteiger partial charge in [-0.1, -0.05) is 41.9 Å². The zero-order chi connectivity index (χ0) is 15.1. The first-order valence-electron chi connectivity index (χ1n) is 7.61. The Balaban J connectivity index is 1.67. The summed E-state index contributed by atoms with van der Waals surface area (Å²) >= 11 is 5.96. The molecule has 5 rings (SSSR count). The van der Waals surface area contributed by atoms with Crippen molar-refractivity contribution < 1.29 is 4.79 Å². The number of rotatable bonds is 2. The average molecular weight is 313 g/mol. The predicted molar refractivity (Wildman–Crippen MR) is 88.1 cm³/mol. The number of benzene rings is 2. The Labute approximate surface area is 134 Å². The third kappa shape index (κ3) is 2.40. The molecule has 3 nitrogen and oxygen atoms in total. The van der Waals surface area contributed by atoms with Gasteiger partial charge < -0.3 is 10.2 Å². The first-order valence-corrected chi connectivity index (χ1v) is 7.99. The third-order valence-electron chi connectivity index (χ3n) is 4.52. The summed E-state index contributed by atoms with van der Waals surface area (Å²) in [6, 6.07) is 16.4. The highest BCUT2D eigenvalue weighted by Crippen LogP contribution is 2.28. The molecule has 0 aromatic heterocycles. The van der Waals surface area contributed by atoms with E-state index in [4.69, 9.17) is 11.6 Å². The molecule has 0 spiro atoms. The lowest BCUT2D eigenvalue weighted by molar-refractivity contribution is 0.0474. The van der Waals surface area contributed by atoms with E-state index in [2.05, 4.69) is 5.32 Å². The predicted octanol–water partition coefficient (Wildman–Crippen LogP) is 3.19. The van der Waals surface area contributed by atoms with Gasteiger partial charge in [-0.25, -0.2) is 0 Å². The molecule has 3 aliphatic rings. The van der Waals surface area contributed by atoms with Crippen molar-refractivity contribution in [3.8, 4) is 11.1 Å². The van der Waals surface area contributed by atoms with Crippen LogP contribution >= 0.6 is 11.6 Å². The lowest BCUT2D eigenvalue weighted by atomic mass is 9.90. The van der Waals surface area contributed by atoms with Gasteiger partial charge in [-0.15, -0.1) is 0 Å². The quantitative estimate of drug-likeness (QED) is 0.923. The van der Waals surface area contributed by atoms with Crippen molar-refractivity contribution in [1.82, 2.24) is 10.2 Å². The number of halogens is 1. The number of carbonyl (C=O) groups is 1. The molecule has 2 bridgehead atoms. The third-order valence-corrected chi connectivity index (χ3v) is 4.77. The van der Waals surface area contributed by atoms with Gasteiger partial charge in [-0.05, 0) is 35.7 Å². The van der Waals surface area contributed by atoms with Gasteiger partial charge in [-0.2, -0.15) is 0 Å². The zero-order valence-corrected chi connectivity index (χ0v) is 12.9. The minimum Gasteiger partial charge on any atom is -0.336 e. The molecule has 22 heavy (non-hydrogen) atoms. The number of amides is 1. The Kier molecular flexibility index (Phi) is 3.40. The van der Waals surface area contributed by atoms with Crippen LogP contribution in [0.3, 0.4) is 0 Å². The first kappa shape index (κ1) is 13.8. The van der Waals surface area contributed by atoms with Gasteiger partial charge in [0, 0.05) is 35.8 Å². The maximum absolute atomic E-state index is 12.9. The molecule has 2 aromatic carbocycles. The second-order valence-electron chi connectivity index (χ2n) is 6.06. The smallest absolute Gasteiger partial charge is 0.254 e. The van der Waals surface area contributed by atoms with Crippen LogP contribution in [0.2, 0.25) is 5.02 Å². The highest BCUT2D eigenvalue weighted by Gasteiger charge is 2.38. The van der Waals surface area contributed by atoms with Crippen LogP contribution in [0.15, 0.2) is 48.5 Å². The summed E-state index contributed by atoms with van der Waals surface area (Å²) in [6.07, 6.45) is 1.20. The number of nitrogens with one attached hydrogen (secondary N) is 1. The van der Waals surface area contributed by atoms with Gasteiger partial charge in [0.05, 0.1) is 0 Å². The SMILES string of the molecule is O=C(c1ccccc1-c1ccc(Cl)cc1)N1CC2CC(C1)N2. The van der Waals surface area contributed by atoms with Crippen LogP contribution < -0.4 is 5.32 Å². The molecular formula is C18H17ClN2O. The highest BCUT2D eigenvalue weighted by molar-refractivity contribution is 6.30. The molecule has 0 saturated carbocycles. The lowest BCUT2D eigenvalue weighted by Crippen LogP contribution is -2.67. The lowest BCUT2D eigenvalue weighted by Gasteiger charge is -2.48. The molecule has 3 fully saturated rings. The number of piperidine rings is 1. The Morgan fingerprint density at radius 2 is 1.68 bits per heavy atom. The fourth-order valence-electron chi connectivity index (χ4n) is 3.40. The van der Waals surface area contributed by atoms with Crippen LogP contribution in [0.1, 0.15) is 16.8 Å². The van der Waals surface area contributed by atoms with Crippen LogP contribution in [0.4, 0.5) is 0 Å². The molecule has 0 radical (unpaired) electrons. The Morgan fingerprint density at radius 1 is 1.05 bits per heavy atom. The summed E-state index contributed by atoms with van der Waals surface area (Å²) in [5.74, 6) is 0.127. The second kappa shape index (κ2) is 5.41. The van der Waals surface area contributed by atoms with Crippen LogP contribution in [-0.2, 0) is 0 Å². The number of hydrogen-bond acceptors (Lipinski definition) is 2. The zero-order valence-electron chi connectivity index (χ0n) is 12.1. The fraction of sp³-hybridized carbons (Fsp3) is 0.278. The highest BCUT2D eigenvalue weighted by atomic mass is 35.5. The summed E-state index contributed by atoms with van der Waals surface area (Å²) in [5.41, 5.74) is 2.76. The number of hydrogen-bond donors (Lipinski definition) is 1. The molecule has 3 saturated heterocycles. The topological polar surface area (TPSA) is 32.3 Å². The van der Waals surface area contributed by atoms with Gasteiger partial charge in [0.2, 0.25) is 0 Å². The summed E-state index contributed by atoms with van der Waals surface area (Å²) in [5, 5.41) is 4.16. The molecular weight excluding hydrogens is 296 g/mol. The standard InChI is InChI=1S/C18H17ClN2O/c19-13-7-5-12(6-8-13)16-3-1-2-4-17(16)18(22)21-10-14-9-15(11-21)20-14/h1-8,14-15,20H,9-11H2. The van der Waals surface area contributed by atoms with E-state index in [1.54, 1.807) is 0 Å². The number of nitrogens with zero attached hydrogens (tertiary/aromatic N) is 1. The summed E-state index contributed by atoms with van der Waals surface area (Å²) in [6.45, 7) is 1.62. The average Bonchev–Trinajstić information content (AvgIpc) is 2.54. The largest absolute Gasteiger partial charge is 0.336 e. The van der Waals surface area contributed by atoms with E-state index < -0.39 is 0 Å². The van der Waals surface area contributed by atoms with E-state index >= 15 is 0 Å². The van der Waals surface area contributed by atoms with E-state index in [1.807, 2.05) is 53.4 Å². The fourth-order valence-corrected chi connectivity index (χ4v) is 3.53. The van der Waals surface area contributed by atoms with E-state index in [0.29, 0.717) is 17.1 Å². The van der Waals surface area contributed by atoms with Gasteiger partial charge in [0.15, 0.2) is 0 Å². The molecule has 3 aliphatic heterocycles. The second-order valence-corrected chi connectivity index (χ2v) is 6.50. The van der Waals surface area contributed by atoms with E-state index in [0.717, 1.165) is 29.8 Å². The minimum atomic E-state index is 0.127. The van der Waals surface area contributed by atoms with Crippen molar-refractivity contribution in [2.45, 2.75) is 18.5 Å².